The molecule has 0 saturated heterocycles. The van der Waals surface area contributed by atoms with Gasteiger partial charge in [0.2, 0.25) is 0 Å². The van der Waals surface area contributed by atoms with Crippen LogP contribution in [0.5, 0.6) is 0 Å². The second kappa shape index (κ2) is 6.48. The Morgan fingerprint density at radius 3 is 2.53 bits per heavy atom. The van der Waals surface area contributed by atoms with Crippen LogP contribution in [0.25, 0.3) is 10.8 Å². The number of hydrogen-bond acceptors (Lipinski definition) is 2. The minimum Gasteiger partial charge on any atom is -0.481 e. The minimum absolute atomic E-state index is 0.148. The van der Waals surface area contributed by atoms with Crippen molar-refractivity contribution < 1.29 is 14.1 Å². The Morgan fingerprint density at radius 1 is 1.05 bits per heavy atom. The van der Waals surface area contributed by atoms with E-state index in [-0.39, 0.29) is 6.42 Å². The summed E-state index contributed by atoms with van der Waals surface area (Å²) in [5.74, 6) is -0.275. The number of carboxylic acids is 1. The van der Waals surface area contributed by atoms with Crippen molar-refractivity contribution in [3.05, 3.63) is 42.5 Å². The number of fused-ring (bicyclic) bond motifs is 1. The van der Waals surface area contributed by atoms with Crippen LogP contribution in [0.3, 0.4) is 0 Å². The predicted octanol–water partition coefficient (Wildman–Crippen LogP) is 3.20. The van der Waals surface area contributed by atoms with Gasteiger partial charge < -0.3 is 5.11 Å². The summed E-state index contributed by atoms with van der Waals surface area (Å²) in [7, 11) is -1.05. The van der Waals surface area contributed by atoms with Crippen molar-refractivity contribution in [3.63, 3.8) is 0 Å². The Bertz CT molecular complexity index is 607. The van der Waals surface area contributed by atoms with Gasteiger partial charge in [-0.2, -0.15) is 0 Å². The smallest absolute Gasteiger partial charge is 0.303 e. The molecule has 4 heteroatoms. The summed E-state index contributed by atoms with van der Waals surface area (Å²) in [6, 6.07) is 13.8. The molecule has 0 fully saturated rings. The summed E-state index contributed by atoms with van der Waals surface area (Å²) < 4.78 is 12.1. The highest BCUT2D eigenvalue weighted by atomic mass is 32.2. The average molecular weight is 276 g/mol. The molecule has 1 unspecified atom stereocenters. The number of rotatable bonds is 6. The van der Waals surface area contributed by atoms with Gasteiger partial charge in [0, 0.05) is 17.1 Å². The Kier molecular flexibility index (Phi) is 4.68. The molecule has 2 aromatic rings. The molecule has 0 aliphatic heterocycles. The third-order valence-corrected chi connectivity index (χ3v) is 4.39. The molecule has 0 heterocycles. The van der Waals surface area contributed by atoms with Crippen LogP contribution >= 0.6 is 0 Å². The van der Waals surface area contributed by atoms with Crippen LogP contribution in [0.1, 0.15) is 19.3 Å². The van der Waals surface area contributed by atoms with E-state index in [1.807, 2.05) is 42.5 Å². The Hall–Kier alpha value is -1.68. The van der Waals surface area contributed by atoms with E-state index < -0.39 is 16.8 Å². The van der Waals surface area contributed by atoms with Crippen molar-refractivity contribution in [1.29, 1.82) is 0 Å². The second-order valence-corrected chi connectivity index (χ2v) is 5.98. The van der Waals surface area contributed by atoms with Crippen LogP contribution in [0.15, 0.2) is 47.4 Å². The molecule has 0 bridgehead atoms. The third kappa shape index (κ3) is 3.89. The van der Waals surface area contributed by atoms with Crippen LogP contribution < -0.4 is 0 Å². The lowest BCUT2D eigenvalue weighted by atomic mass is 10.1. The summed E-state index contributed by atoms with van der Waals surface area (Å²) in [6.07, 6.45) is 1.40. The summed E-state index contributed by atoms with van der Waals surface area (Å²) in [5, 5.41) is 10.8. The maximum absolute atomic E-state index is 12.1. The number of aliphatic carboxylic acids is 1. The zero-order chi connectivity index (χ0) is 13.7. The molecule has 1 N–H and O–H groups in total. The van der Waals surface area contributed by atoms with Crippen molar-refractivity contribution in [2.45, 2.75) is 24.2 Å². The summed E-state index contributed by atoms with van der Waals surface area (Å²) in [5.41, 5.74) is 0. The van der Waals surface area contributed by atoms with E-state index in [1.54, 1.807) is 0 Å². The van der Waals surface area contributed by atoms with Crippen molar-refractivity contribution in [2.75, 3.05) is 5.75 Å². The van der Waals surface area contributed by atoms with Crippen molar-refractivity contribution in [2.24, 2.45) is 0 Å². The van der Waals surface area contributed by atoms with Gasteiger partial charge in [-0.15, -0.1) is 0 Å². The number of hydrogen-bond donors (Lipinski definition) is 1. The molecule has 1 atom stereocenters. The molecular formula is C15H16O3S. The van der Waals surface area contributed by atoms with Gasteiger partial charge in [0.05, 0.1) is 10.8 Å². The molecule has 2 rings (SSSR count). The Labute approximate surface area is 114 Å². The molecule has 0 amide bonds. The lowest BCUT2D eigenvalue weighted by Crippen LogP contribution is -2.00. The van der Waals surface area contributed by atoms with E-state index in [4.69, 9.17) is 5.11 Å². The lowest BCUT2D eigenvalue weighted by molar-refractivity contribution is -0.137. The second-order valence-electron chi connectivity index (χ2n) is 4.41. The zero-order valence-electron chi connectivity index (χ0n) is 10.5. The molecule has 100 valence electrons. The van der Waals surface area contributed by atoms with E-state index in [2.05, 4.69) is 0 Å². The van der Waals surface area contributed by atoms with Gasteiger partial charge in [-0.25, -0.2) is 0 Å². The van der Waals surface area contributed by atoms with Crippen molar-refractivity contribution >= 4 is 27.5 Å². The quantitative estimate of drug-likeness (QED) is 0.824. The SMILES string of the molecule is O=C(O)CCCCS(=O)c1ccc2ccccc2c1. The average Bonchev–Trinajstić information content (AvgIpc) is 2.42. The third-order valence-electron chi connectivity index (χ3n) is 2.95. The highest BCUT2D eigenvalue weighted by Crippen LogP contribution is 2.18. The van der Waals surface area contributed by atoms with Gasteiger partial charge >= 0.3 is 5.97 Å². The van der Waals surface area contributed by atoms with Crippen molar-refractivity contribution in [1.82, 2.24) is 0 Å². The maximum atomic E-state index is 12.1. The van der Waals surface area contributed by atoms with E-state index in [0.29, 0.717) is 18.6 Å². The van der Waals surface area contributed by atoms with Crippen LogP contribution in [-0.2, 0) is 15.6 Å². The number of benzene rings is 2. The van der Waals surface area contributed by atoms with Crippen molar-refractivity contribution in [3.8, 4) is 0 Å². The first-order chi connectivity index (χ1) is 9.16. The van der Waals surface area contributed by atoms with Gasteiger partial charge in [0.15, 0.2) is 0 Å². The van der Waals surface area contributed by atoms with Gasteiger partial charge in [-0.1, -0.05) is 30.3 Å². The van der Waals surface area contributed by atoms with Gasteiger partial charge in [-0.05, 0) is 35.7 Å². The fourth-order valence-corrected chi connectivity index (χ4v) is 3.12. The summed E-state index contributed by atoms with van der Waals surface area (Å²) >= 11 is 0. The normalized spacial score (nSPS) is 12.4. The van der Waals surface area contributed by atoms with Crippen LogP contribution in [0.4, 0.5) is 0 Å². The monoisotopic (exact) mass is 276 g/mol. The van der Waals surface area contributed by atoms with E-state index in [0.717, 1.165) is 15.7 Å². The molecular weight excluding hydrogens is 260 g/mol. The molecule has 0 aliphatic carbocycles. The fraction of sp³-hybridized carbons (Fsp3) is 0.267. The topological polar surface area (TPSA) is 54.4 Å². The van der Waals surface area contributed by atoms with Gasteiger partial charge in [0.1, 0.15) is 0 Å². The standard InChI is InChI=1S/C15H16O3S/c16-15(17)7-3-4-10-19(18)14-9-8-12-5-1-2-6-13(12)11-14/h1-2,5-6,8-9,11H,3-4,7,10H2,(H,16,17). The number of unbranched alkanes of at least 4 members (excludes halogenated alkanes) is 1. The predicted molar refractivity (Wildman–Crippen MR) is 76.7 cm³/mol. The molecule has 19 heavy (non-hydrogen) atoms. The van der Waals surface area contributed by atoms with E-state index in [1.165, 1.54) is 0 Å². The van der Waals surface area contributed by atoms with Crippen LogP contribution in [0, 0.1) is 0 Å². The van der Waals surface area contributed by atoms with Gasteiger partial charge in [0.25, 0.3) is 0 Å². The first-order valence-electron chi connectivity index (χ1n) is 6.26. The van der Waals surface area contributed by atoms with Gasteiger partial charge in [-0.3, -0.25) is 9.00 Å². The molecule has 3 nitrogen and oxygen atoms in total. The maximum Gasteiger partial charge on any atom is 0.303 e. The van der Waals surface area contributed by atoms with Crippen LogP contribution in [-0.4, -0.2) is 21.0 Å². The Morgan fingerprint density at radius 2 is 1.79 bits per heavy atom. The first-order valence-corrected chi connectivity index (χ1v) is 7.58. The molecule has 0 aromatic heterocycles. The van der Waals surface area contributed by atoms with E-state index in [9.17, 15) is 9.00 Å². The van der Waals surface area contributed by atoms with E-state index >= 15 is 0 Å². The summed E-state index contributed by atoms with van der Waals surface area (Å²) in [4.78, 5) is 11.2. The molecule has 0 radical (unpaired) electrons. The molecule has 0 aliphatic rings. The first kappa shape index (κ1) is 13.7. The minimum atomic E-state index is -1.05. The highest BCUT2D eigenvalue weighted by molar-refractivity contribution is 7.85. The lowest BCUT2D eigenvalue weighted by Gasteiger charge is -2.04. The van der Waals surface area contributed by atoms with Crippen LogP contribution in [0.2, 0.25) is 0 Å². The fourth-order valence-electron chi connectivity index (χ4n) is 1.94. The number of carboxylic acid groups (broad SMARTS) is 1. The molecule has 0 spiro atoms. The number of carbonyl (C=O) groups is 1. The molecule has 2 aromatic carbocycles. The highest BCUT2D eigenvalue weighted by Gasteiger charge is 2.05. The molecule has 0 saturated carbocycles. The summed E-state index contributed by atoms with van der Waals surface area (Å²) in [6.45, 7) is 0. The largest absolute Gasteiger partial charge is 0.481 e. The Balaban J connectivity index is 1.99. The zero-order valence-corrected chi connectivity index (χ0v) is 11.4.